The third-order valence-electron chi connectivity index (χ3n) is 7.66. The molecule has 8 heteroatoms. The molecule has 0 unspecified atom stereocenters. The van der Waals surface area contributed by atoms with Gasteiger partial charge in [0.2, 0.25) is 0 Å². The molecule has 42 heavy (non-hydrogen) atoms. The largest absolute Gasteiger partial charge is 0.331 e. The summed E-state index contributed by atoms with van der Waals surface area (Å²) in [6.45, 7) is 3.18. The van der Waals surface area contributed by atoms with Gasteiger partial charge < -0.3 is 4.90 Å². The number of hydrogen-bond donors (Lipinski definition) is 0. The fraction of sp³-hybridized carbons (Fsp3) is 0.265. The maximum atomic E-state index is 13.7. The summed E-state index contributed by atoms with van der Waals surface area (Å²) in [6, 6.07) is 27.3. The lowest BCUT2D eigenvalue weighted by molar-refractivity contribution is -0.102. The number of pyridine rings is 1. The minimum absolute atomic E-state index is 0.0540. The smallest absolute Gasteiger partial charge is 0.277 e. The van der Waals surface area contributed by atoms with E-state index in [1.165, 1.54) is 24.3 Å². The van der Waals surface area contributed by atoms with Crippen molar-refractivity contribution < 1.29 is 18.8 Å². The molecule has 0 aliphatic carbocycles. The van der Waals surface area contributed by atoms with Crippen molar-refractivity contribution in [1.82, 2.24) is 19.8 Å². The van der Waals surface area contributed by atoms with Gasteiger partial charge in [0.15, 0.2) is 0 Å². The van der Waals surface area contributed by atoms with Crippen LogP contribution in [0, 0.1) is 5.82 Å². The molecule has 0 atom stereocenters. The van der Waals surface area contributed by atoms with Crippen LogP contribution in [0.1, 0.15) is 50.2 Å². The molecule has 216 valence electrons. The van der Waals surface area contributed by atoms with E-state index < -0.39 is 0 Å². The molecule has 1 saturated heterocycles. The van der Waals surface area contributed by atoms with E-state index in [9.17, 15) is 14.0 Å². The van der Waals surface area contributed by atoms with Gasteiger partial charge >= 0.3 is 0 Å². The second-order valence-electron chi connectivity index (χ2n) is 10.5. The van der Waals surface area contributed by atoms with Crippen molar-refractivity contribution in [1.29, 1.82) is 0 Å². The molecule has 2 heterocycles. The number of carbonyl (C=O) groups is 2. The SMILES string of the molecule is CON(Cc1ccccc1)C(=O)c1ccc(CN(C(=O)c2cccnc2)C2CCN(Cc3ccc(F)cc3)CC2)cc1. The molecule has 0 saturated carbocycles. The van der Waals surface area contributed by atoms with E-state index in [2.05, 4.69) is 9.88 Å². The number of piperidine rings is 1. The Labute approximate surface area is 246 Å². The molecular weight excluding hydrogens is 531 g/mol. The van der Waals surface area contributed by atoms with Gasteiger partial charge in [0.25, 0.3) is 11.8 Å². The highest BCUT2D eigenvalue weighted by molar-refractivity contribution is 5.94. The van der Waals surface area contributed by atoms with Crippen molar-refractivity contribution in [2.75, 3.05) is 20.2 Å². The van der Waals surface area contributed by atoms with E-state index in [1.54, 1.807) is 36.7 Å². The molecule has 1 fully saturated rings. The summed E-state index contributed by atoms with van der Waals surface area (Å²) in [4.78, 5) is 40.6. The van der Waals surface area contributed by atoms with Crippen molar-refractivity contribution in [3.63, 3.8) is 0 Å². The maximum Gasteiger partial charge on any atom is 0.277 e. The zero-order chi connectivity index (χ0) is 29.3. The van der Waals surface area contributed by atoms with Crippen LogP contribution in [0.25, 0.3) is 0 Å². The van der Waals surface area contributed by atoms with Crippen LogP contribution >= 0.6 is 0 Å². The summed E-state index contributed by atoms with van der Waals surface area (Å²) in [5.74, 6) is -0.527. The lowest BCUT2D eigenvalue weighted by Crippen LogP contribution is -2.46. The zero-order valence-corrected chi connectivity index (χ0v) is 23.7. The number of hydrogen-bond acceptors (Lipinski definition) is 5. The number of benzene rings is 3. The van der Waals surface area contributed by atoms with Gasteiger partial charge in [-0.3, -0.25) is 24.3 Å². The normalized spacial score (nSPS) is 14.0. The lowest BCUT2D eigenvalue weighted by Gasteiger charge is -2.38. The van der Waals surface area contributed by atoms with Gasteiger partial charge in [-0.1, -0.05) is 54.6 Å². The van der Waals surface area contributed by atoms with Crippen LogP contribution < -0.4 is 0 Å². The van der Waals surface area contributed by atoms with Crippen LogP contribution in [-0.2, 0) is 24.5 Å². The number of carbonyl (C=O) groups excluding carboxylic acids is 2. The fourth-order valence-corrected chi connectivity index (χ4v) is 5.32. The standard InChI is InChI=1S/C34H35FN4O3/c1-42-39(25-26-6-3-2-4-7-26)34(41)29-13-9-28(10-14-29)24-38(33(40)30-8-5-19-36-22-30)32-17-20-37(21-18-32)23-27-11-15-31(35)16-12-27/h2-16,19,22,32H,17-18,20-21,23-25H2,1H3. The Bertz CT molecular complexity index is 1440. The quantitative estimate of drug-likeness (QED) is 0.229. The highest BCUT2D eigenvalue weighted by Crippen LogP contribution is 2.23. The Morgan fingerprint density at radius 1 is 0.810 bits per heavy atom. The monoisotopic (exact) mass is 566 g/mol. The van der Waals surface area contributed by atoms with Crippen molar-refractivity contribution in [2.24, 2.45) is 0 Å². The molecule has 1 aromatic heterocycles. The number of aromatic nitrogens is 1. The molecule has 0 N–H and O–H groups in total. The van der Waals surface area contributed by atoms with E-state index >= 15 is 0 Å². The molecule has 3 aromatic carbocycles. The summed E-state index contributed by atoms with van der Waals surface area (Å²) in [7, 11) is 1.49. The Hall–Kier alpha value is -4.40. The van der Waals surface area contributed by atoms with Crippen molar-refractivity contribution in [3.05, 3.63) is 137 Å². The van der Waals surface area contributed by atoms with Gasteiger partial charge in [-0.15, -0.1) is 0 Å². The molecule has 0 radical (unpaired) electrons. The van der Waals surface area contributed by atoms with Crippen LogP contribution in [-0.4, -0.2) is 57.9 Å². The fourth-order valence-electron chi connectivity index (χ4n) is 5.32. The molecule has 0 spiro atoms. The molecule has 0 bridgehead atoms. The van der Waals surface area contributed by atoms with Crippen LogP contribution in [0.4, 0.5) is 4.39 Å². The molecular formula is C34H35FN4O3. The Morgan fingerprint density at radius 3 is 2.12 bits per heavy atom. The topological polar surface area (TPSA) is 66.0 Å². The van der Waals surface area contributed by atoms with Crippen LogP contribution in [0.15, 0.2) is 103 Å². The van der Waals surface area contributed by atoms with Crippen molar-refractivity contribution in [3.8, 4) is 0 Å². The maximum absolute atomic E-state index is 13.7. The van der Waals surface area contributed by atoms with Crippen LogP contribution in [0.3, 0.4) is 0 Å². The first kappa shape index (κ1) is 29.1. The van der Waals surface area contributed by atoms with Gasteiger partial charge in [0, 0.05) is 50.2 Å². The van der Waals surface area contributed by atoms with E-state index in [-0.39, 0.29) is 23.7 Å². The number of amides is 2. The molecule has 4 aromatic rings. The number of likely N-dealkylation sites (tertiary alicyclic amines) is 1. The van der Waals surface area contributed by atoms with E-state index in [0.29, 0.717) is 24.2 Å². The number of halogens is 1. The summed E-state index contributed by atoms with van der Waals surface area (Å²) >= 11 is 0. The minimum Gasteiger partial charge on any atom is -0.331 e. The lowest BCUT2D eigenvalue weighted by atomic mass is 10.00. The summed E-state index contributed by atoms with van der Waals surface area (Å²) in [5, 5.41) is 1.34. The summed E-state index contributed by atoms with van der Waals surface area (Å²) < 4.78 is 13.3. The van der Waals surface area contributed by atoms with Crippen molar-refractivity contribution >= 4 is 11.8 Å². The number of rotatable bonds is 10. The molecule has 5 rings (SSSR count). The van der Waals surface area contributed by atoms with Gasteiger partial charge in [0.1, 0.15) is 5.82 Å². The zero-order valence-electron chi connectivity index (χ0n) is 23.7. The second-order valence-corrected chi connectivity index (χ2v) is 10.5. The molecule has 1 aliphatic heterocycles. The minimum atomic E-state index is -0.234. The molecule has 1 aliphatic rings. The average molecular weight is 567 g/mol. The number of hydroxylamine groups is 2. The predicted octanol–water partition coefficient (Wildman–Crippen LogP) is 5.73. The van der Waals surface area contributed by atoms with Gasteiger partial charge in [-0.25, -0.2) is 9.45 Å². The van der Waals surface area contributed by atoms with Crippen molar-refractivity contribution in [2.45, 2.75) is 38.5 Å². The van der Waals surface area contributed by atoms with Crippen LogP contribution in [0.2, 0.25) is 0 Å². The third kappa shape index (κ3) is 7.46. The van der Waals surface area contributed by atoms with E-state index in [4.69, 9.17) is 4.84 Å². The molecule has 2 amide bonds. The average Bonchev–Trinajstić information content (AvgIpc) is 3.04. The highest BCUT2D eigenvalue weighted by Gasteiger charge is 2.29. The first-order valence-corrected chi connectivity index (χ1v) is 14.2. The van der Waals surface area contributed by atoms with Crippen LogP contribution in [0.5, 0.6) is 0 Å². The van der Waals surface area contributed by atoms with Gasteiger partial charge in [-0.05, 0) is 65.9 Å². The van der Waals surface area contributed by atoms with E-state index in [0.717, 1.165) is 49.2 Å². The Kier molecular flexibility index (Phi) is 9.69. The Morgan fingerprint density at radius 2 is 1.48 bits per heavy atom. The predicted molar refractivity (Wildman–Crippen MR) is 159 cm³/mol. The number of nitrogens with zero attached hydrogens (tertiary/aromatic N) is 4. The third-order valence-corrected chi connectivity index (χ3v) is 7.66. The van der Waals surface area contributed by atoms with E-state index in [1.807, 2.05) is 59.5 Å². The first-order valence-electron chi connectivity index (χ1n) is 14.2. The summed E-state index contributed by atoms with van der Waals surface area (Å²) in [5.41, 5.74) is 4.04. The first-order chi connectivity index (χ1) is 20.5. The Balaban J connectivity index is 1.27. The highest BCUT2D eigenvalue weighted by atomic mass is 19.1. The molecule has 7 nitrogen and oxygen atoms in total. The van der Waals surface area contributed by atoms with Gasteiger partial charge in [-0.2, -0.15) is 0 Å². The van der Waals surface area contributed by atoms with Gasteiger partial charge in [0.05, 0.1) is 19.2 Å². The summed E-state index contributed by atoms with van der Waals surface area (Å²) in [6.07, 6.45) is 4.91. The second kappa shape index (κ2) is 14.0.